The summed E-state index contributed by atoms with van der Waals surface area (Å²) in [5.41, 5.74) is 4.78. The Morgan fingerprint density at radius 2 is 1.74 bits per heavy atom. The molecular weight excluding hydrogens is 444 g/mol. The summed E-state index contributed by atoms with van der Waals surface area (Å²) in [6.07, 6.45) is 5.35. The molecule has 3 aromatic rings. The van der Waals surface area contributed by atoms with Gasteiger partial charge in [-0.1, -0.05) is 62.7 Å². The van der Waals surface area contributed by atoms with Gasteiger partial charge in [-0.25, -0.2) is 0 Å². The number of halogens is 1. The number of nitrogens with zero attached hydrogens (tertiary/aromatic N) is 2. The minimum Gasteiger partial charge on any atom is -0.388 e. The van der Waals surface area contributed by atoms with E-state index in [9.17, 15) is 9.90 Å². The maximum atomic E-state index is 13.2. The normalized spacial score (nSPS) is 16.7. The van der Waals surface area contributed by atoms with Crippen LogP contribution in [-0.2, 0) is 5.41 Å². The number of likely N-dealkylation sites (tertiary alicyclic amines) is 1. The summed E-state index contributed by atoms with van der Waals surface area (Å²) >= 11 is 6.68. The Balaban J connectivity index is 1.63. The number of carbonyl (C=O) groups excluding carboxylic acids is 1. The number of aromatic nitrogens is 1. The third kappa shape index (κ3) is 5.03. The van der Waals surface area contributed by atoms with Gasteiger partial charge in [-0.3, -0.25) is 9.78 Å². The first-order valence-electron chi connectivity index (χ1n) is 11.8. The summed E-state index contributed by atoms with van der Waals surface area (Å²) < 4.78 is 0. The summed E-state index contributed by atoms with van der Waals surface area (Å²) in [5, 5.41) is 11.0. The fourth-order valence-corrected chi connectivity index (χ4v) is 4.99. The standard InChI is InChI=1S/C29H33ClN2O2/c1-28(2,3)23-9-6-8-19(15-23)21-14-22(18-31-17-21)24-12-11-20(16-25(24)30)27(33)32-13-7-10-26(32)29(4,5)34/h6,8-9,11-12,14-18,26,34H,7,10,13H2,1-5H3. The first-order valence-corrected chi connectivity index (χ1v) is 12.2. The molecule has 1 N–H and O–H groups in total. The topological polar surface area (TPSA) is 53.4 Å². The molecule has 34 heavy (non-hydrogen) atoms. The molecule has 2 aromatic carbocycles. The minimum atomic E-state index is -0.938. The maximum Gasteiger partial charge on any atom is 0.254 e. The lowest BCUT2D eigenvalue weighted by molar-refractivity contribution is 0.000337. The smallest absolute Gasteiger partial charge is 0.254 e. The lowest BCUT2D eigenvalue weighted by Gasteiger charge is -2.34. The number of hydrogen-bond donors (Lipinski definition) is 1. The van der Waals surface area contributed by atoms with Crippen LogP contribution in [0.15, 0.2) is 60.9 Å². The number of aliphatic hydroxyl groups is 1. The van der Waals surface area contributed by atoms with Crippen LogP contribution in [0.1, 0.15) is 63.4 Å². The Bertz CT molecular complexity index is 1210. The quantitative estimate of drug-likeness (QED) is 0.453. The molecule has 0 spiro atoms. The first-order chi connectivity index (χ1) is 15.9. The van der Waals surface area contributed by atoms with Gasteiger partial charge in [0.25, 0.3) is 5.91 Å². The molecule has 0 radical (unpaired) electrons. The van der Waals surface area contributed by atoms with E-state index >= 15 is 0 Å². The average Bonchev–Trinajstić information content (AvgIpc) is 3.29. The molecule has 4 rings (SSSR count). The fraction of sp³-hybridized carbons (Fsp3) is 0.379. The van der Waals surface area contributed by atoms with Gasteiger partial charge in [0.2, 0.25) is 0 Å². The maximum absolute atomic E-state index is 13.2. The predicted molar refractivity (Wildman–Crippen MR) is 139 cm³/mol. The molecule has 1 aliphatic rings. The number of rotatable bonds is 4. The second-order valence-corrected chi connectivity index (χ2v) is 11.2. The second-order valence-electron chi connectivity index (χ2n) is 10.8. The van der Waals surface area contributed by atoms with Gasteiger partial charge in [-0.2, -0.15) is 0 Å². The van der Waals surface area contributed by atoms with Crippen molar-refractivity contribution in [2.45, 2.75) is 64.5 Å². The third-order valence-corrected chi connectivity index (χ3v) is 6.97. The largest absolute Gasteiger partial charge is 0.388 e. The Morgan fingerprint density at radius 3 is 2.41 bits per heavy atom. The molecule has 1 unspecified atom stereocenters. The fourth-order valence-electron chi connectivity index (χ4n) is 4.70. The molecule has 1 amide bonds. The van der Waals surface area contributed by atoms with Crippen LogP contribution in [0.2, 0.25) is 5.02 Å². The highest BCUT2D eigenvalue weighted by molar-refractivity contribution is 6.33. The van der Waals surface area contributed by atoms with Gasteiger partial charge in [-0.05, 0) is 61.4 Å². The zero-order chi connectivity index (χ0) is 24.7. The van der Waals surface area contributed by atoms with E-state index in [1.165, 1.54) is 5.56 Å². The molecule has 4 nitrogen and oxygen atoms in total. The zero-order valence-corrected chi connectivity index (χ0v) is 21.4. The monoisotopic (exact) mass is 476 g/mol. The molecule has 1 aliphatic heterocycles. The van der Waals surface area contributed by atoms with Crippen molar-refractivity contribution in [2.24, 2.45) is 0 Å². The highest BCUT2D eigenvalue weighted by Gasteiger charge is 2.38. The Morgan fingerprint density at radius 1 is 1.00 bits per heavy atom. The van der Waals surface area contributed by atoms with Crippen LogP contribution in [0, 0.1) is 0 Å². The van der Waals surface area contributed by atoms with E-state index in [0.29, 0.717) is 17.1 Å². The Labute approximate surface area is 207 Å². The second kappa shape index (κ2) is 9.16. The van der Waals surface area contributed by atoms with Crippen molar-refractivity contribution < 1.29 is 9.90 Å². The van der Waals surface area contributed by atoms with Crippen LogP contribution in [0.4, 0.5) is 0 Å². The number of amides is 1. The average molecular weight is 477 g/mol. The van der Waals surface area contributed by atoms with Gasteiger partial charge < -0.3 is 10.0 Å². The molecular formula is C29H33ClN2O2. The zero-order valence-electron chi connectivity index (χ0n) is 20.6. The summed E-state index contributed by atoms with van der Waals surface area (Å²) in [6.45, 7) is 10.8. The summed E-state index contributed by atoms with van der Waals surface area (Å²) in [5.74, 6) is -0.0936. The lowest BCUT2D eigenvalue weighted by Crippen LogP contribution is -2.48. The summed E-state index contributed by atoms with van der Waals surface area (Å²) in [6, 6.07) is 15.9. The number of hydrogen-bond acceptors (Lipinski definition) is 3. The van der Waals surface area contributed by atoms with Crippen molar-refractivity contribution in [2.75, 3.05) is 6.54 Å². The van der Waals surface area contributed by atoms with Gasteiger partial charge in [0.1, 0.15) is 0 Å². The molecule has 0 saturated carbocycles. The number of pyridine rings is 1. The highest BCUT2D eigenvalue weighted by atomic mass is 35.5. The first kappa shape index (κ1) is 24.4. The van der Waals surface area contributed by atoms with Crippen LogP contribution in [0.5, 0.6) is 0 Å². The molecule has 1 aromatic heterocycles. The van der Waals surface area contributed by atoms with Gasteiger partial charge in [0, 0.05) is 46.2 Å². The van der Waals surface area contributed by atoms with E-state index in [4.69, 9.17) is 11.6 Å². The van der Waals surface area contributed by atoms with E-state index in [-0.39, 0.29) is 17.4 Å². The van der Waals surface area contributed by atoms with Crippen LogP contribution >= 0.6 is 11.6 Å². The van der Waals surface area contributed by atoms with Crippen molar-refractivity contribution in [1.82, 2.24) is 9.88 Å². The SMILES string of the molecule is CC(C)(C)c1cccc(-c2cncc(-c3ccc(C(=O)N4CCCC4C(C)(C)O)cc3Cl)c2)c1. The lowest BCUT2D eigenvalue weighted by atomic mass is 9.85. The molecule has 0 bridgehead atoms. The Hall–Kier alpha value is -2.69. The highest BCUT2D eigenvalue weighted by Crippen LogP contribution is 2.34. The predicted octanol–water partition coefficient (Wildman–Crippen LogP) is 6.74. The summed E-state index contributed by atoms with van der Waals surface area (Å²) in [7, 11) is 0. The third-order valence-electron chi connectivity index (χ3n) is 6.66. The van der Waals surface area contributed by atoms with Crippen molar-refractivity contribution in [3.8, 4) is 22.3 Å². The van der Waals surface area contributed by atoms with Crippen LogP contribution in [-0.4, -0.2) is 39.1 Å². The minimum absolute atomic E-state index is 0.0618. The van der Waals surface area contributed by atoms with Gasteiger partial charge in [0.05, 0.1) is 11.6 Å². The molecule has 0 aliphatic carbocycles. The number of benzene rings is 2. The van der Waals surface area contributed by atoms with Crippen molar-refractivity contribution in [3.63, 3.8) is 0 Å². The van der Waals surface area contributed by atoms with Gasteiger partial charge in [-0.15, -0.1) is 0 Å². The van der Waals surface area contributed by atoms with E-state index in [1.807, 2.05) is 18.3 Å². The van der Waals surface area contributed by atoms with Gasteiger partial charge >= 0.3 is 0 Å². The van der Waals surface area contributed by atoms with E-state index in [2.05, 4.69) is 56.1 Å². The van der Waals surface area contributed by atoms with Crippen LogP contribution in [0.25, 0.3) is 22.3 Å². The van der Waals surface area contributed by atoms with Crippen molar-refractivity contribution in [1.29, 1.82) is 0 Å². The molecule has 178 valence electrons. The van der Waals surface area contributed by atoms with Crippen LogP contribution in [0.3, 0.4) is 0 Å². The molecule has 1 saturated heterocycles. The van der Waals surface area contributed by atoms with E-state index in [0.717, 1.165) is 35.1 Å². The Kier molecular flexibility index (Phi) is 6.58. The van der Waals surface area contributed by atoms with E-state index < -0.39 is 5.60 Å². The molecule has 1 atom stereocenters. The van der Waals surface area contributed by atoms with Crippen LogP contribution < -0.4 is 0 Å². The van der Waals surface area contributed by atoms with Crippen molar-refractivity contribution in [3.05, 3.63) is 77.1 Å². The van der Waals surface area contributed by atoms with Crippen molar-refractivity contribution >= 4 is 17.5 Å². The van der Waals surface area contributed by atoms with Gasteiger partial charge in [0.15, 0.2) is 0 Å². The molecule has 1 fully saturated rings. The molecule has 5 heteroatoms. The summed E-state index contributed by atoms with van der Waals surface area (Å²) in [4.78, 5) is 19.4. The number of carbonyl (C=O) groups is 1. The molecule has 2 heterocycles. The van der Waals surface area contributed by atoms with E-state index in [1.54, 1.807) is 31.0 Å².